The molecule has 6 nitrogen and oxygen atoms in total. The first-order valence-corrected chi connectivity index (χ1v) is 9.06. The second kappa shape index (κ2) is 8.74. The lowest BCUT2D eigenvalue weighted by molar-refractivity contribution is -0.141. The number of hydrogen-bond acceptors (Lipinski definition) is 6. The summed E-state index contributed by atoms with van der Waals surface area (Å²) in [5.41, 5.74) is 0.247. The van der Waals surface area contributed by atoms with E-state index in [0.29, 0.717) is 19.7 Å². The first-order valence-electron chi connectivity index (χ1n) is 9.06. The molecule has 9 heteroatoms. The van der Waals surface area contributed by atoms with E-state index in [-0.39, 0.29) is 17.9 Å². The van der Waals surface area contributed by atoms with Crippen LogP contribution < -0.4 is 10.2 Å². The molecule has 1 aliphatic heterocycles. The first-order chi connectivity index (χ1) is 13.3. The van der Waals surface area contributed by atoms with Crippen LogP contribution in [0.25, 0.3) is 0 Å². The summed E-state index contributed by atoms with van der Waals surface area (Å²) < 4.78 is 45.0. The van der Waals surface area contributed by atoms with Gasteiger partial charge in [0.05, 0.1) is 12.7 Å². The number of rotatable bonds is 6. The van der Waals surface area contributed by atoms with Crippen LogP contribution in [0, 0.1) is 0 Å². The van der Waals surface area contributed by atoms with Crippen LogP contribution in [0.15, 0.2) is 36.4 Å². The number of nitrogens with zero attached hydrogens (tertiary/aromatic N) is 4. The van der Waals surface area contributed by atoms with Gasteiger partial charge >= 0.3 is 6.18 Å². The van der Waals surface area contributed by atoms with Gasteiger partial charge in [-0.25, -0.2) is 4.98 Å². The molecule has 1 saturated heterocycles. The van der Waals surface area contributed by atoms with E-state index in [1.807, 2.05) is 18.2 Å². The summed E-state index contributed by atoms with van der Waals surface area (Å²) in [6, 6.07) is 11.1. The fourth-order valence-electron chi connectivity index (χ4n) is 2.98. The van der Waals surface area contributed by atoms with E-state index >= 15 is 0 Å². The fraction of sp³-hybridized carbons (Fsp3) is 0.474. The molecule has 0 bridgehead atoms. The fourth-order valence-corrected chi connectivity index (χ4v) is 2.98. The average Bonchev–Trinajstić information content (AvgIpc) is 2.66. The molecule has 1 aromatic carbocycles. The van der Waals surface area contributed by atoms with Gasteiger partial charge in [-0.2, -0.15) is 18.2 Å². The zero-order valence-electron chi connectivity index (χ0n) is 15.9. The smallest absolute Gasteiger partial charge is 0.374 e. The average molecular weight is 395 g/mol. The molecule has 152 valence electrons. The predicted octanol–water partition coefficient (Wildman–Crippen LogP) is 2.87. The van der Waals surface area contributed by atoms with Gasteiger partial charge in [-0.1, -0.05) is 30.3 Å². The second-order valence-corrected chi connectivity index (χ2v) is 6.92. The highest BCUT2D eigenvalue weighted by Gasteiger charge is 2.34. The molecule has 1 aliphatic rings. The molecule has 2 aromatic rings. The third-order valence-corrected chi connectivity index (χ3v) is 4.42. The molecule has 0 aliphatic carbocycles. The number of alkyl halides is 3. The molecule has 1 aromatic heterocycles. The van der Waals surface area contributed by atoms with Crippen molar-refractivity contribution in [1.29, 1.82) is 0 Å². The largest absolute Gasteiger partial charge is 0.433 e. The number of morpholine rings is 1. The zero-order chi connectivity index (χ0) is 20.1. The molecule has 0 spiro atoms. The third kappa shape index (κ3) is 5.56. The van der Waals surface area contributed by atoms with Crippen LogP contribution in [0.3, 0.4) is 0 Å². The van der Waals surface area contributed by atoms with E-state index in [2.05, 4.69) is 32.3 Å². The second-order valence-electron chi connectivity index (χ2n) is 6.92. The number of anilines is 2. The van der Waals surface area contributed by atoms with E-state index in [1.54, 1.807) is 14.1 Å². The van der Waals surface area contributed by atoms with E-state index in [0.717, 1.165) is 19.2 Å². The molecule has 2 heterocycles. The van der Waals surface area contributed by atoms with Crippen molar-refractivity contribution in [3.63, 3.8) is 0 Å². The quantitative estimate of drug-likeness (QED) is 0.812. The van der Waals surface area contributed by atoms with Gasteiger partial charge in [-0.05, 0) is 5.56 Å². The highest BCUT2D eigenvalue weighted by Crippen LogP contribution is 2.30. The van der Waals surface area contributed by atoms with E-state index < -0.39 is 11.9 Å². The lowest BCUT2D eigenvalue weighted by Crippen LogP contribution is -2.44. The van der Waals surface area contributed by atoms with Crippen molar-refractivity contribution in [2.45, 2.75) is 18.8 Å². The zero-order valence-corrected chi connectivity index (χ0v) is 15.9. The van der Waals surface area contributed by atoms with Crippen LogP contribution >= 0.6 is 0 Å². The number of ether oxygens (including phenoxy) is 1. The van der Waals surface area contributed by atoms with Crippen molar-refractivity contribution in [2.75, 3.05) is 50.6 Å². The summed E-state index contributed by atoms with van der Waals surface area (Å²) in [5.74, 6) is 0.141. The van der Waals surface area contributed by atoms with Crippen molar-refractivity contribution in [1.82, 2.24) is 14.9 Å². The highest BCUT2D eigenvalue weighted by atomic mass is 19.4. The Labute approximate surface area is 162 Å². The Bertz CT molecular complexity index is 770. The minimum Gasteiger partial charge on any atom is -0.374 e. The van der Waals surface area contributed by atoms with Crippen molar-refractivity contribution < 1.29 is 17.9 Å². The number of halogens is 3. The standard InChI is InChI=1S/C19H24F3N5O/c1-26(2)17-10-16(19(20,21)22)24-18(25-17)23-11-15-13-27(8-9-28-15)12-14-6-4-3-5-7-14/h3-7,10,15H,8-9,11-13H2,1-2H3,(H,23,24,25). The monoisotopic (exact) mass is 395 g/mol. The summed E-state index contributed by atoms with van der Waals surface area (Å²) in [6.07, 6.45) is -4.68. The summed E-state index contributed by atoms with van der Waals surface area (Å²) in [5, 5.41) is 2.91. The van der Waals surface area contributed by atoms with Crippen molar-refractivity contribution in [3.8, 4) is 0 Å². The Hall–Kier alpha value is -2.39. The Morgan fingerprint density at radius 1 is 1.21 bits per heavy atom. The molecule has 1 N–H and O–H groups in total. The Morgan fingerprint density at radius 3 is 2.64 bits per heavy atom. The third-order valence-electron chi connectivity index (χ3n) is 4.42. The summed E-state index contributed by atoms with van der Waals surface area (Å²) >= 11 is 0. The summed E-state index contributed by atoms with van der Waals surface area (Å²) in [6.45, 7) is 3.22. The molecule has 28 heavy (non-hydrogen) atoms. The van der Waals surface area contributed by atoms with Gasteiger partial charge in [0.15, 0.2) is 5.69 Å². The first kappa shape index (κ1) is 20.3. The molecule has 1 unspecified atom stereocenters. The molecule has 3 rings (SSSR count). The van der Waals surface area contributed by atoms with Crippen LogP contribution in [-0.4, -0.2) is 61.3 Å². The maximum absolute atomic E-state index is 13.1. The molecule has 0 saturated carbocycles. The van der Waals surface area contributed by atoms with Gasteiger partial charge in [0, 0.05) is 46.3 Å². The number of hydrogen-bond donors (Lipinski definition) is 1. The molecule has 0 amide bonds. The predicted molar refractivity (Wildman–Crippen MR) is 101 cm³/mol. The van der Waals surface area contributed by atoms with Crippen molar-refractivity contribution in [3.05, 3.63) is 47.7 Å². The van der Waals surface area contributed by atoms with E-state index in [4.69, 9.17) is 4.74 Å². The van der Waals surface area contributed by atoms with Gasteiger partial charge < -0.3 is 15.0 Å². The van der Waals surface area contributed by atoms with Crippen LogP contribution in [-0.2, 0) is 17.5 Å². The summed E-state index contributed by atoms with van der Waals surface area (Å²) in [4.78, 5) is 11.5. The minimum absolute atomic E-state index is 0.0534. The van der Waals surface area contributed by atoms with Crippen molar-refractivity contribution in [2.24, 2.45) is 0 Å². The van der Waals surface area contributed by atoms with E-state index in [9.17, 15) is 13.2 Å². The number of nitrogens with one attached hydrogen (secondary N) is 1. The van der Waals surface area contributed by atoms with Crippen LogP contribution in [0.1, 0.15) is 11.3 Å². The van der Waals surface area contributed by atoms with Gasteiger partial charge in [0.2, 0.25) is 5.95 Å². The normalized spacial score (nSPS) is 18.1. The Kier molecular flexibility index (Phi) is 6.35. The minimum atomic E-state index is -4.53. The Balaban J connectivity index is 1.62. The van der Waals surface area contributed by atoms with Crippen LogP contribution in [0.4, 0.5) is 24.9 Å². The van der Waals surface area contributed by atoms with Gasteiger partial charge in [0.1, 0.15) is 5.82 Å². The molecule has 1 atom stereocenters. The number of benzene rings is 1. The highest BCUT2D eigenvalue weighted by molar-refractivity contribution is 5.44. The summed E-state index contributed by atoms with van der Waals surface area (Å²) in [7, 11) is 3.27. The van der Waals surface area contributed by atoms with Gasteiger partial charge in [0.25, 0.3) is 0 Å². The molecular weight excluding hydrogens is 371 g/mol. The maximum atomic E-state index is 13.1. The van der Waals surface area contributed by atoms with Gasteiger partial charge in [-0.15, -0.1) is 0 Å². The van der Waals surface area contributed by atoms with E-state index in [1.165, 1.54) is 10.5 Å². The SMILES string of the molecule is CN(C)c1cc(C(F)(F)F)nc(NCC2CN(Cc3ccccc3)CCO2)n1. The maximum Gasteiger partial charge on any atom is 0.433 e. The molecular formula is C19H24F3N5O. The topological polar surface area (TPSA) is 53.5 Å². The lowest BCUT2D eigenvalue weighted by Gasteiger charge is -2.33. The number of aromatic nitrogens is 2. The Morgan fingerprint density at radius 2 is 1.96 bits per heavy atom. The van der Waals surface area contributed by atoms with Gasteiger partial charge in [-0.3, -0.25) is 4.90 Å². The lowest BCUT2D eigenvalue weighted by atomic mass is 10.2. The van der Waals surface area contributed by atoms with Crippen LogP contribution in [0.2, 0.25) is 0 Å². The molecule has 0 radical (unpaired) electrons. The molecule has 1 fully saturated rings. The van der Waals surface area contributed by atoms with Crippen LogP contribution in [0.5, 0.6) is 0 Å². The van der Waals surface area contributed by atoms with Crippen molar-refractivity contribution >= 4 is 11.8 Å².